The molecule has 1 atom stereocenters. The monoisotopic (exact) mass is 273 g/mol. The van der Waals surface area contributed by atoms with Gasteiger partial charge in [-0.25, -0.2) is 23.2 Å². The first-order chi connectivity index (χ1) is 8.19. The van der Waals surface area contributed by atoms with Crippen molar-refractivity contribution >= 4 is 21.8 Å². The summed E-state index contributed by atoms with van der Waals surface area (Å²) in [6, 6.07) is -0.352. The van der Waals surface area contributed by atoms with Crippen LogP contribution in [0.3, 0.4) is 0 Å². The minimum Gasteiger partial charge on any atom is -0.478 e. The van der Waals surface area contributed by atoms with Gasteiger partial charge in [-0.2, -0.15) is 0 Å². The zero-order valence-corrected chi connectivity index (χ0v) is 11.2. The van der Waals surface area contributed by atoms with E-state index >= 15 is 0 Å². The number of rotatable bonds is 5. The van der Waals surface area contributed by atoms with Gasteiger partial charge in [0, 0.05) is 18.5 Å². The van der Waals surface area contributed by atoms with Crippen LogP contribution in [0.15, 0.2) is 6.20 Å². The summed E-state index contributed by atoms with van der Waals surface area (Å²) < 4.78 is 22.2. The molecule has 0 bridgehead atoms. The smallest absolute Gasteiger partial charge is 0.339 e. The molecule has 100 valence electrons. The Morgan fingerprint density at radius 1 is 1.56 bits per heavy atom. The van der Waals surface area contributed by atoms with Crippen molar-refractivity contribution in [3.05, 3.63) is 17.5 Å². The molecule has 0 spiro atoms. The molecule has 1 aromatic heterocycles. The van der Waals surface area contributed by atoms with Gasteiger partial charge in [-0.3, -0.25) is 0 Å². The molecule has 7 nitrogen and oxygen atoms in total. The summed E-state index contributed by atoms with van der Waals surface area (Å²) in [6.07, 6.45) is 2.34. The second kappa shape index (κ2) is 5.30. The van der Waals surface area contributed by atoms with E-state index in [4.69, 9.17) is 5.11 Å². The van der Waals surface area contributed by atoms with Gasteiger partial charge >= 0.3 is 5.97 Å². The molecule has 1 aromatic rings. The Bertz CT molecular complexity index is 556. The summed E-state index contributed by atoms with van der Waals surface area (Å²) in [7, 11) is -3.09. The van der Waals surface area contributed by atoms with Gasteiger partial charge in [0.2, 0.25) is 5.95 Å². The van der Waals surface area contributed by atoms with E-state index in [1.165, 1.54) is 6.20 Å². The molecule has 0 amide bonds. The van der Waals surface area contributed by atoms with Gasteiger partial charge in [0.05, 0.1) is 17.0 Å². The van der Waals surface area contributed by atoms with E-state index in [1.54, 1.807) is 13.8 Å². The highest BCUT2D eigenvalue weighted by Gasteiger charge is 2.13. The van der Waals surface area contributed by atoms with E-state index in [2.05, 4.69) is 15.3 Å². The highest BCUT2D eigenvalue weighted by molar-refractivity contribution is 7.90. The molecule has 18 heavy (non-hydrogen) atoms. The summed E-state index contributed by atoms with van der Waals surface area (Å²) in [6.45, 7) is 3.24. The first-order valence-corrected chi connectivity index (χ1v) is 7.26. The molecule has 0 radical (unpaired) electrons. The molecule has 8 heteroatoms. The number of carbonyl (C=O) groups is 1. The SMILES string of the molecule is Cc1nc(NC(C)CS(C)(=O)=O)ncc1C(=O)O. The highest BCUT2D eigenvalue weighted by Crippen LogP contribution is 2.08. The van der Waals surface area contributed by atoms with E-state index in [0.717, 1.165) is 6.26 Å². The number of hydrogen-bond donors (Lipinski definition) is 2. The van der Waals surface area contributed by atoms with Gasteiger partial charge < -0.3 is 10.4 Å². The van der Waals surface area contributed by atoms with Gasteiger partial charge in [-0.05, 0) is 13.8 Å². The molecule has 1 unspecified atom stereocenters. The third-order valence-corrected chi connectivity index (χ3v) is 3.24. The molecule has 0 saturated carbocycles. The Labute approximate surface area is 105 Å². The third-order valence-electron chi connectivity index (χ3n) is 2.14. The first-order valence-electron chi connectivity index (χ1n) is 5.20. The van der Waals surface area contributed by atoms with Crippen molar-refractivity contribution in [3.63, 3.8) is 0 Å². The molecular weight excluding hydrogens is 258 g/mol. The first kappa shape index (κ1) is 14.4. The van der Waals surface area contributed by atoms with Crippen LogP contribution in [-0.4, -0.2) is 47.5 Å². The van der Waals surface area contributed by atoms with Crippen LogP contribution in [0.25, 0.3) is 0 Å². The lowest BCUT2D eigenvalue weighted by molar-refractivity contribution is 0.0695. The van der Waals surface area contributed by atoms with Crippen molar-refractivity contribution in [2.24, 2.45) is 0 Å². The van der Waals surface area contributed by atoms with Gasteiger partial charge in [0.25, 0.3) is 0 Å². The van der Waals surface area contributed by atoms with E-state index in [0.29, 0.717) is 5.69 Å². The lowest BCUT2D eigenvalue weighted by Crippen LogP contribution is -2.26. The van der Waals surface area contributed by atoms with Gasteiger partial charge in [-0.15, -0.1) is 0 Å². The largest absolute Gasteiger partial charge is 0.478 e. The Hall–Kier alpha value is -1.70. The second-order valence-corrected chi connectivity index (χ2v) is 6.32. The summed E-state index contributed by atoms with van der Waals surface area (Å²) in [5, 5.41) is 11.6. The van der Waals surface area contributed by atoms with Gasteiger partial charge in [-0.1, -0.05) is 0 Å². The molecule has 0 aromatic carbocycles. The predicted octanol–water partition coefficient (Wildman–Crippen LogP) is 0.328. The fourth-order valence-electron chi connectivity index (χ4n) is 1.46. The summed E-state index contributed by atoms with van der Waals surface area (Å²) in [4.78, 5) is 18.6. The van der Waals surface area contributed by atoms with E-state index in [1.807, 2.05) is 0 Å². The maximum atomic E-state index is 11.1. The van der Waals surface area contributed by atoms with Crippen LogP contribution in [0, 0.1) is 6.92 Å². The highest BCUT2D eigenvalue weighted by atomic mass is 32.2. The number of aromatic carboxylic acids is 1. The Morgan fingerprint density at radius 3 is 2.61 bits per heavy atom. The number of aryl methyl sites for hydroxylation is 1. The molecule has 0 aliphatic heterocycles. The Morgan fingerprint density at radius 2 is 2.17 bits per heavy atom. The van der Waals surface area contributed by atoms with Crippen molar-refractivity contribution in [3.8, 4) is 0 Å². The predicted molar refractivity (Wildman–Crippen MR) is 66.5 cm³/mol. The van der Waals surface area contributed by atoms with Crippen molar-refractivity contribution in [2.45, 2.75) is 19.9 Å². The molecule has 0 fully saturated rings. The number of aromatic nitrogens is 2. The summed E-state index contributed by atoms with van der Waals surface area (Å²) >= 11 is 0. The normalized spacial score (nSPS) is 13.1. The minimum atomic E-state index is -3.09. The number of anilines is 1. The fraction of sp³-hybridized carbons (Fsp3) is 0.500. The minimum absolute atomic E-state index is 0.0244. The zero-order chi connectivity index (χ0) is 13.9. The van der Waals surface area contributed by atoms with E-state index < -0.39 is 15.8 Å². The quantitative estimate of drug-likeness (QED) is 0.795. The standard InChI is InChI=1S/C10H15N3O4S/c1-6(5-18(3,16)17)12-10-11-4-8(9(14)15)7(2)13-10/h4,6H,5H2,1-3H3,(H,14,15)(H,11,12,13). The van der Waals surface area contributed by atoms with Crippen LogP contribution >= 0.6 is 0 Å². The van der Waals surface area contributed by atoms with Crippen LogP contribution < -0.4 is 5.32 Å². The van der Waals surface area contributed by atoms with Crippen LogP contribution in [0.4, 0.5) is 5.95 Å². The van der Waals surface area contributed by atoms with Crippen molar-refractivity contribution in [1.82, 2.24) is 9.97 Å². The van der Waals surface area contributed by atoms with Crippen LogP contribution in [-0.2, 0) is 9.84 Å². The molecule has 0 saturated heterocycles. The van der Waals surface area contributed by atoms with Crippen LogP contribution in [0.5, 0.6) is 0 Å². The molecule has 1 rings (SSSR count). The van der Waals surface area contributed by atoms with Crippen LogP contribution in [0.2, 0.25) is 0 Å². The number of carboxylic acid groups (broad SMARTS) is 1. The number of nitrogens with zero attached hydrogens (tertiary/aromatic N) is 2. The van der Waals surface area contributed by atoms with Crippen molar-refractivity contribution < 1.29 is 18.3 Å². The maximum absolute atomic E-state index is 11.1. The van der Waals surface area contributed by atoms with E-state index in [-0.39, 0.29) is 23.3 Å². The lowest BCUT2D eigenvalue weighted by Gasteiger charge is -2.13. The molecular formula is C10H15N3O4S. The Kier molecular flexibility index (Phi) is 4.23. The molecule has 0 aliphatic carbocycles. The maximum Gasteiger partial charge on any atom is 0.339 e. The number of carboxylic acids is 1. The molecule has 0 aliphatic rings. The molecule has 2 N–H and O–H groups in total. The van der Waals surface area contributed by atoms with Gasteiger partial charge in [0.15, 0.2) is 0 Å². The van der Waals surface area contributed by atoms with Crippen LogP contribution in [0.1, 0.15) is 23.0 Å². The zero-order valence-electron chi connectivity index (χ0n) is 10.3. The summed E-state index contributed by atoms with van der Waals surface area (Å²) in [5.74, 6) is -0.923. The topological polar surface area (TPSA) is 109 Å². The average molecular weight is 273 g/mol. The van der Waals surface area contributed by atoms with Crippen molar-refractivity contribution in [1.29, 1.82) is 0 Å². The van der Waals surface area contributed by atoms with E-state index in [9.17, 15) is 13.2 Å². The van der Waals surface area contributed by atoms with Gasteiger partial charge in [0.1, 0.15) is 9.84 Å². The number of nitrogens with one attached hydrogen (secondary N) is 1. The Balaban J connectivity index is 2.81. The lowest BCUT2D eigenvalue weighted by atomic mass is 10.2. The summed E-state index contributed by atoms with van der Waals surface area (Å²) in [5.41, 5.74) is 0.350. The number of hydrogen-bond acceptors (Lipinski definition) is 6. The third kappa shape index (κ3) is 4.28. The molecule has 1 heterocycles. The second-order valence-electron chi connectivity index (χ2n) is 4.14. The van der Waals surface area contributed by atoms with Crippen molar-refractivity contribution in [2.75, 3.05) is 17.3 Å². The average Bonchev–Trinajstić information content (AvgIpc) is 2.13. The fourth-order valence-corrected chi connectivity index (χ4v) is 2.45. The number of sulfone groups is 1.